The van der Waals surface area contributed by atoms with Crippen molar-refractivity contribution in [3.63, 3.8) is 0 Å². The number of nitrogens with one attached hydrogen (secondary N) is 3. The summed E-state index contributed by atoms with van der Waals surface area (Å²) in [7, 11) is 0. The second-order valence-electron chi connectivity index (χ2n) is 7.78. The number of nitrogens with zero attached hydrogens (tertiary/aromatic N) is 4. The highest BCUT2D eigenvalue weighted by molar-refractivity contribution is 7.99. The summed E-state index contributed by atoms with van der Waals surface area (Å²) in [5.41, 5.74) is 1.16. The quantitative estimate of drug-likeness (QED) is 0.396. The minimum atomic E-state index is -0.540. The third-order valence-corrected chi connectivity index (χ3v) is 6.46. The summed E-state index contributed by atoms with van der Waals surface area (Å²) in [5.74, 6) is -0.120. The lowest BCUT2D eigenvalue weighted by atomic mass is 9.95. The summed E-state index contributed by atoms with van der Waals surface area (Å²) in [4.78, 5) is 46.8. The number of carbonyl (C=O) groups excluding carboxylic acids is 1. The number of amides is 1. The maximum Gasteiger partial charge on any atom is 0.330 e. The number of hydrogen-bond acceptors (Lipinski definition) is 7. The van der Waals surface area contributed by atoms with Crippen molar-refractivity contribution in [1.82, 2.24) is 29.7 Å². The molecule has 0 radical (unpaired) electrons. The van der Waals surface area contributed by atoms with Crippen LogP contribution in [0.1, 0.15) is 38.1 Å². The van der Waals surface area contributed by atoms with E-state index in [-0.39, 0.29) is 23.5 Å². The van der Waals surface area contributed by atoms with Crippen molar-refractivity contribution in [3.8, 4) is 0 Å². The van der Waals surface area contributed by atoms with Gasteiger partial charge in [0.15, 0.2) is 5.65 Å². The zero-order chi connectivity index (χ0) is 22.1. The number of rotatable bonds is 5. The minimum Gasteiger partial charge on any atom is -0.338 e. The molecule has 1 aliphatic rings. The van der Waals surface area contributed by atoms with Gasteiger partial charge in [-0.05, 0) is 18.9 Å². The Labute approximate surface area is 185 Å². The van der Waals surface area contributed by atoms with Crippen LogP contribution in [0.4, 0.5) is 5.82 Å². The standard InChI is InChI=1S/C21H21N7O3S/c29-16-10-15(28(21(31)24-16)12-6-2-1-3-7-12)23-17(30)11-32-20-25-19-18(26-27-20)13-8-4-5-9-14(13)22-19/h4-5,8-10,12H,1-3,6-7,11H2,(H,23,30)(H,22,25,27)(H,24,29,31). The number of H-pyrrole nitrogens is 2. The molecule has 0 bridgehead atoms. The molecule has 0 aliphatic heterocycles. The number of carbonyl (C=O) groups is 1. The van der Waals surface area contributed by atoms with Crippen LogP contribution in [0.5, 0.6) is 0 Å². The van der Waals surface area contributed by atoms with Gasteiger partial charge >= 0.3 is 5.69 Å². The highest BCUT2D eigenvalue weighted by atomic mass is 32.2. The van der Waals surface area contributed by atoms with Gasteiger partial charge in [0, 0.05) is 23.0 Å². The van der Waals surface area contributed by atoms with E-state index in [1.54, 1.807) is 0 Å². The molecule has 164 valence electrons. The molecule has 0 unspecified atom stereocenters. The molecule has 1 aromatic carbocycles. The third kappa shape index (κ3) is 4.03. The van der Waals surface area contributed by atoms with Crippen molar-refractivity contribution in [2.24, 2.45) is 0 Å². The van der Waals surface area contributed by atoms with Crippen LogP contribution in [0.25, 0.3) is 22.1 Å². The maximum atomic E-state index is 12.6. The topological polar surface area (TPSA) is 138 Å². The van der Waals surface area contributed by atoms with Gasteiger partial charge in [0.1, 0.15) is 11.3 Å². The van der Waals surface area contributed by atoms with Crippen molar-refractivity contribution in [2.45, 2.75) is 43.3 Å². The van der Waals surface area contributed by atoms with E-state index < -0.39 is 11.2 Å². The molecular formula is C21H21N7O3S. The molecule has 1 aliphatic carbocycles. The first kappa shape index (κ1) is 20.4. The molecule has 0 spiro atoms. The Morgan fingerprint density at radius 3 is 2.78 bits per heavy atom. The van der Waals surface area contributed by atoms with Crippen molar-refractivity contribution >= 4 is 45.6 Å². The van der Waals surface area contributed by atoms with Gasteiger partial charge in [-0.1, -0.05) is 49.2 Å². The molecule has 1 saturated carbocycles. The second kappa shape index (κ2) is 8.58. The summed E-state index contributed by atoms with van der Waals surface area (Å²) in [6.07, 6.45) is 4.84. The molecule has 3 heterocycles. The third-order valence-electron chi connectivity index (χ3n) is 5.62. The van der Waals surface area contributed by atoms with E-state index in [0.717, 1.165) is 54.8 Å². The van der Waals surface area contributed by atoms with Crippen LogP contribution in [0.15, 0.2) is 45.1 Å². The van der Waals surface area contributed by atoms with E-state index in [1.165, 1.54) is 10.6 Å². The normalized spacial score (nSPS) is 14.8. The van der Waals surface area contributed by atoms with Gasteiger partial charge < -0.3 is 10.3 Å². The summed E-state index contributed by atoms with van der Waals surface area (Å²) in [6, 6.07) is 8.95. The van der Waals surface area contributed by atoms with Crippen molar-refractivity contribution < 1.29 is 4.79 Å². The van der Waals surface area contributed by atoms with Crippen LogP contribution in [-0.4, -0.2) is 41.4 Å². The summed E-state index contributed by atoms with van der Waals surface area (Å²) in [5, 5.41) is 12.4. The van der Waals surface area contributed by atoms with Crippen LogP contribution in [0.2, 0.25) is 0 Å². The molecule has 1 amide bonds. The number of benzene rings is 1. The zero-order valence-corrected chi connectivity index (χ0v) is 17.9. The van der Waals surface area contributed by atoms with Gasteiger partial charge in [-0.2, -0.15) is 0 Å². The summed E-state index contributed by atoms with van der Waals surface area (Å²) >= 11 is 1.13. The first-order chi connectivity index (χ1) is 15.6. The fraction of sp³-hybridized carbons (Fsp3) is 0.333. The minimum absolute atomic E-state index is 0.0130. The molecule has 5 rings (SSSR count). The zero-order valence-electron chi connectivity index (χ0n) is 17.1. The van der Waals surface area contributed by atoms with E-state index in [2.05, 4.69) is 30.5 Å². The van der Waals surface area contributed by atoms with Crippen molar-refractivity contribution in [2.75, 3.05) is 11.1 Å². The number of anilines is 1. The molecular weight excluding hydrogens is 430 g/mol. The van der Waals surface area contributed by atoms with E-state index in [0.29, 0.717) is 16.3 Å². The maximum absolute atomic E-state index is 12.6. The predicted molar refractivity (Wildman–Crippen MR) is 122 cm³/mol. The van der Waals surface area contributed by atoms with E-state index in [9.17, 15) is 14.4 Å². The molecule has 3 N–H and O–H groups in total. The Kier molecular flexibility index (Phi) is 5.48. The average Bonchev–Trinajstić information content (AvgIpc) is 3.16. The SMILES string of the molecule is O=C(CSc1nnc2c(n1)[nH]c1ccccc12)Nc1cc(=O)[nH]c(=O)n1C1CCCCC1. The van der Waals surface area contributed by atoms with E-state index in [4.69, 9.17) is 0 Å². The highest BCUT2D eigenvalue weighted by Crippen LogP contribution is 2.29. The lowest BCUT2D eigenvalue weighted by Gasteiger charge is -2.26. The Balaban J connectivity index is 1.32. The van der Waals surface area contributed by atoms with Crippen LogP contribution in [0.3, 0.4) is 0 Å². The number of hydrogen-bond donors (Lipinski definition) is 3. The Morgan fingerprint density at radius 2 is 1.94 bits per heavy atom. The second-order valence-corrected chi connectivity index (χ2v) is 8.73. The number of fused-ring (bicyclic) bond motifs is 3. The molecule has 0 saturated heterocycles. The lowest BCUT2D eigenvalue weighted by molar-refractivity contribution is -0.113. The average molecular weight is 452 g/mol. The van der Waals surface area contributed by atoms with Crippen LogP contribution < -0.4 is 16.6 Å². The van der Waals surface area contributed by atoms with Gasteiger partial charge in [0.2, 0.25) is 11.1 Å². The highest BCUT2D eigenvalue weighted by Gasteiger charge is 2.21. The largest absolute Gasteiger partial charge is 0.338 e. The summed E-state index contributed by atoms with van der Waals surface area (Å²) < 4.78 is 1.50. The molecule has 32 heavy (non-hydrogen) atoms. The number of aromatic nitrogens is 6. The van der Waals surface area contributed by atoms with Crippen molar-refractivity contribution in [3.05, 3.63) is 51.2 Å². The summed E-state index contributed by atoms with van der Waals surface area (Å²) in [6.45, 7) is 0. The smallest absolute Gasteiger partial charge is 0.330 e. The Morgan fingerprint density at radius 1 is 1.12 bits per heavy atom. The first-order valence-electron chi connectivity index (χ1n) is 10.5. The number of aromatic amines is 2. The van der Waals surface area contributed by atoms with Crippen molar-refractivity contribution in [1.29, 1.82) is 0 Å². The molecule has 10 nitrogen and oxygen atoms in total. The van der Waals surface area contributed by atoms with Gasteiger partial charge in [0.05, 0.1) is 5.75 Å². The first-order valence-corrected chi connectivity index (χ1v) is 11.5. The molecule has 4 aromatic rings. The monoisotopic (exact) mass is 451 g/mol. The van der Waals surface area contributed by atoms with Gasteiger partial charge in [-0.3, -0.25) is 19.1 Å². The number of thioether (sulfide) groups is 1. The molecule has 3 aromatic heterocycles. The Hall–Kier alpha value is -3.47. The van der Waals surface area contributed by atoms with Gasteiger partial charge in [-0.15, -0.1) is 10.2 Å². The predicted octanol–water partition coefficient (Wildman–Crippen LogP) is 2.59. The van der Waals surface area contributed by atoms with Crippen LogP contribution in [0, 0.1) is 0 Å². The molecule has 1 fully saturated rings. The van der Waals surface area contributed by atoms with E-state index >= 15 is 0 Å². The fourth-order valence-electron chi connectivity index (χ4n) is 4.18. The molecule has 11 heteroatoms. The van der Waals surface area contributed by atoms with Gasteiger partial charge in [0.25, 0.3) is 5.56 Å². The van der Waals surface area contributed by atoms with Gasteiger partial charge in [-0.25, -0.2) is 9.78 Å². The van der Waals surface area contributed by atoms with E-state index in [1.807, 2.05) is 24.3 Å². The number of para-hydroxylation sites is 1. The van der Waals surface area contributed by atoms with Crippen LogP contribution >= 0.6 is 11.8 Å². The lowest BCUT2D eigenvalue weighted by Crippen LogP contribution is -2.36. The molecule has 0 atom stereocenters. The Bertz CT molecular complexity index is 1420. The van der Waals surface area contributed by atoms with Crippen LogP contribution in [-0.2, 0) is 4.79 Å². The fourth-order valence-corrected chi connectivity index (χ4v) is 4.77.